The van der Waals surface area contributed by atoms with Gasteiger partial charge in [-0.05, 0) is 42.5 Å². The minimum absolute atomic E-state index is 0.327. The third-order valence-electron chi connectivity index (χ3n) is 4.67. The molecule has 0 bridgehead atoms. The van der Waals surface area contributed by atoms with E-state index in [0.717, 1.165) is 23.1 Å². The van der Waals surface area contributed by atoms with Gasteiger partial charge in [-0.15, -0.1) is 11.3 Å². The van der Waals surface area contributed by atoms with E-state index in [1.165, 1.54) is 38.5 Å². The molecule has 3 atom stereocenters. The van der Waals surface area contributed by atoms with Gasteiger partial charge in [-0.25, -0.2) is 0 Å². The predicted octanol–water partition coefficient (Wildman–Crippen LogP) is 4.54. The third-order valence-corrected chi connectivity index (χ3v) is 5.56. The molecule has 3 rings (SSSR count). The minimum atomic E-state index is 0.327. The second-order valence-corrected chi connectivity index (χ2v) is 6.60. The van der Waals surface area contributed by atoms with Gasteiger partial charge in [-0.3, -0.25) is 4.79 Å². The first-order valence-electron chi connectivity index (χ1n) is 6.92. The Kier molecular flexibility index (Phi) is 3.32. The van der Waals surface area contributed by atoms with Crippen LogP contribution in [0.4, 0.5) is 0 Å². The van der Waals surface area contributed by atoms with Crippen molar-refractivity contribution < 1.29 is 4.79 Å². The first-order chi connectivity index (χ1) is 8.34. The van der Waals surface area contributed by atoms with Crippen molar-refractivity contribution >= 4 is 17.1 Å². The van der Waals surface area contributed by atoms with Gasteiger partial charge in [0.2, 0.25) is 0 Å². The van der Waals surface area contributed by atoms with Crippen LogP contribution in [-0.2, 0) is 0 Å². The summed E-state index contributed by atoms with van der Waals surface area (Å²) in [4.78, 5) is 13.3. The first kappa shape index (κ1) is 11.5. The van der Waals surface area contributed by atoms with Crippen LogP contribution in [0.1, 0.15) is 54.6 Å². The average molecular weight is 248 g/mol. The lowest BCUT2D eigenvalue weighted by Crippen LogP contribution is -2.31. The van der Waals surface area contributed by atoms with E-state index in [2.05, 4.69) is 0 Å². The predicted molar refractivity (Wildman–Crippen MR) is 71.4 cm³/mol. The van der Waals surface area contributed by atoms with Gasteiger partial charge >= 0.3 is 0 Å². The highest BCUT2D eigenvalue weighted by atomic mass is 32.1. The molecule has 3 unspecified atom stereocenters. The summed E-state index contributed by atoms with van der Waals surface area (Å²) in [5.41, 5.74) is 0. The molecule has 0 saturated heterocycles. The fourth-order valence-corrected chi connectivity index (χ4v) is 4.48. The van der Waals surface area contributed by atoms with Gasteiger partial charge in [0.25, 0.3) is 0 Å². The van der Waals surface area contributed by atoms with Crippen LogP contribution in [0.3, 0.4) is 0 Å². The fourth-order valence-electron chi connectivity index (χ4n) is 3.73. The van der Waals surface area contributed by atoms with Crippen molar-refractivity contribution in [3.8, 4) is 0 Å². The molecule has 2 saturated carbocycles. The zero-order valence-electron chi connectivity index (χ0n) is 10.2. The molecule has 1 aromatic rings. The molecule has 0 N–H and O–H groups in total. The summed E-state index contributed by atoms with van der Waals surface area (Å²) in [6.07, 6.45) is 9.21. The SMILES string of the molecule is O=C(c1cccs1)C1CCC2CCCCC2C1. The van der Waals surface area contributed by atoms with Crippen LogP contribution in [0, 0.1) is 17.8 Å². The highest BCUT2D eigenvalue weighted by molar-refractivity contribution is 7.12. The number of rotatable bonds is 2. The molecule has 2 heteroatoms. The average Bonchev–Trinajstić information content (AvgIpc) is 2.91. The molecule has 0 aliphatic heterocycles. The van der Waals surface area contributed by atoms with E-state index in [0.29, 0.717) is 11.7 Å². The summed E-state index contributed by atoms with van der Waals surface area (Å²) in [6.45, 7) is 0. The minimum Gasteiger partial charge on any atom is -0.293 e. The maximum absolute atomic E-state index is 12.3. The lowest BCUT2D eigenvalue weighted by Gasteiger charge is -2.38. The molecule has 2 aliphatic rings. The quantitative estimate of drug-likeness (QED) is 0.702. The van der Waals surface area contributed by atoms with Crippen LogP contribution in [0.25, 0.3) is 0 Å². The monoisotopic (exact) mass is 248 g/mol. The maximum atomic E-state index is 12.3. The Hall–Kier alpha value is -0.630. The van der Waals surface area contributed by atoms with Gasteiger partial charge in [-0.1, -0.05) is 31.7 Å². The Morgan fingerprint density at radius 1 is 1.12 bits per heavy atom. The summed E-state index contributed by atoms with van der Waals surface area (Å²) in [6, 6.07) is 3.98. The third kappa shape index (κ3) is 2.33. The second kappa shape index (κ2) is 4.93. The van der Waals surface area contributed by atoms with E-state index in [9.17, 15) is 4.79 Å². The molecule has 17 heavy (non-hydrogen) atoms. The van der Waals surface area contributed by atoms with Crippen molar-refractivity contribution in [2.75, 3.05) is 0 Å². The fraction of sp³-hybridized carbons (Fsp3) is 0.667. The number of Topliss-reactive ketones (excluding diaryl/α,β-unsaturated/α-hetero) is 1. The van der Waals surface area contributed by atoms with E-state index in [-0.39, 0.29) is 0 Å². The van der Waals surface area contributed by atoms with E-state index < -0.39 is 0 Å². The molecule has 92 valence electrons. The van der Waals surface area contributed by atoms with E-state index in [1.54, 1.807) is 11.3 Å². The number of carbonyl (C=O) groups excluding carboxylic acids is 1. The molecule has 0 radical (unpaired) electrons. The van der Waals surface area contributed by atoms with Gasteiger partial charge in [0.05, 0.1) is 4.88 Å². The summed E-state index contributed by atoms with van der Waals surface area (Å²) >= 11 is 1.60. The number of hydrogen-bond donors (Lipinski definition) is 0. The van der Waals surface area contributed by atoms with Crippen LogP contribution in [0.15, 0.2) is 17.5 Å². The largest absolute Gasteiger partial charge is 0.293 e. The van der Waals surface area contributed by atoms with E-state index in [1.807, 2.05) is 17.5 Å². The number of fused-ring (bicyclic) bond motifs is 1. The van der Waals surface area contributed by atoms with Crippen LogP contribution >= 0.6 is 11.3 Å². The molecule has 1 aromatic heterocycles. The van der Waals surface area contributed by atoms with Gasteiger partial charge < -0.3 is 0 Å². The van der Waals surface area contributed by atoms with Crippen molar-refractivity contribution in [2.24, 2.45) is 17.8 Å². The molecule has 2 fully saturated rings. The Morgan fingerprint density at radius 2 is 1.94 bits per heavy atom. The number of thiophene rings is 1. The molecule has 0 amide bonds. The van der Waals surface area contributed by atoms with Crippen LogP contribution in [-0.4, -0.2) is 5.78 Å². The highest BCUT2D eigenvalue weighted by Gasteiger charge is 2.35. The van der Waals surface area contributed by atoms with Gasteiger partial charge in [0.1, 0.15) is 0 Å². The Balaban J connectivity index is 1.67. The van der Waals surface area contributed by atoms with E-state index in [4.69, 9.17) is 0 Å². The second-order valence-electron chi connectivity index (χ2n) is 5.66. The smallest absolute Gasteiger partial charge is 0.175 e. The van der Waals surface area contributed by atoms with Crippen molar-refractivity contribution in [2.45, 2.75) is 44.9 Å². The molecule has 0 aromatic carbocycles. The van der Waals surface area contributed by atoms with Gasteiger partial charge in [0.15, 0.2) is 5.78 Å². The van der Waals surface area contributed by atoms with Gasteiger partial charge in [-0.2, -0.15) is 0 Å². The number of carbonyl (C=O) groups is 1. The Labute approximate surface area is 107 Å². The van der Waals surface area contributed by atoms with Crippen molar-refractivity contribution in [3.05, 3.63) is 22.4 Å². The normalized spacial score (nSPS) is 33.1. The standard InChI is InChI=1S/C15H20OS/c16-15(14-6-3-9-17-14)13-8-7-11-4-1-2-5-12(11)10-13/h3,6,9,11-13H,1-2,4-5,7-8,10H2. The lowest BCUT2D eigenvalue weighted by molar-refractivity contribution is 0.0767. The molecule has 1 nitrogen and oxygen atoms in total. The summed E-state index contributed by atoms with van der Waals surface area (Å²) in [5.74, 6) is 2.54. The van der Waals surface area contributed by atoms with Crippen molar-refractivity contribution in [1.29, 1.82) is 0 Å². The van der Waals surface area contributed by atoms with Crippen LogP contribution in [0.2, 0.25) is 0 Å². The summed E-state index contributed by atoms with van der Waals surface area (Å²) < 4.78 is 0. The molecule has 2 aliphatic carbocycles. The zero-order chi connectivity index (χ0) is 11.7. The first-order valence-corrected chi connectivity index (χ1v) is 7.80. The van der Waals surface area contributed by atoms with Crippen molar-refractivity contribution in [3.63, 3.8) is 0 Å². The molecular weight excluding hydrogens is 228 g/mol. The van der Waals surface area contributed by atoms with Crippen LogP contribution < -0.4 is 0 Å². The lowest BCUT2D eigenvalue weighted by atomic mass is 9.66. The summed E-state index contributed by atoms with van der Waals surface area (Å²) in [5, 5.41) is 2.01. The Morgan fingerprint density at radius 3 is 2.71 bits per heavy atom. The summed E-state index contributed by atoms with van der Waals surface area (Å²) in [7, 11) is 0. The van der Waals surface area contributed by atoms with Crippen molar-refractivity contribution in [1.82, 2.24) is 0 Å². The van der Waals surface area contributed by atoms with Crippen LogP contribution in [0.5, 0.6) is 0 Å². The molecule has 1 heterocycles. The highest BCUT2D eigenvalue weighted by Crippen LogP contribution is 2.43. The molecular formula is C15H20OS. The molecule has 0 spiro atoms. The van der Waals surface area contributed by atoms with E-state index >= 15 is 0 Å². The number of ketones is 1. The number of hydrogen-bond acceptors (Lipinski definition) is 2. The maximum Gasteiger partial charge on any atom is 0.175 e. The zero-order valence-corrected chi connectivity index (χ0v) is 11.0. The van der Waals surface area contributed by atoms with Gasteiger partial charge in [0, 0.05) is 5.92 Å². The Bertz CT molecular complexity index is 382. The topological polar surface area (TPSA) is 17.1 Å².